The van der Waals surface area contributed by atoms with Gasteiger partial charge in [-0.3, -0.25) is 4.79 Å². The first-order valence-corrected chi connectivity index (χ1v) is 7.64. The molecule has 6 heteroatoms. The van der Waals surface area contributed by atoms with E-state index in [2.05, 4.69) is 37.2 Å². The van der Waals surface area contributed by atoms with E-state index in [9.17, 15) is 9.90 Å². The molecule has 0 saturated heterocycles. The van der Waals surface area contributed by atoms with Crippen molar-refractivity contribution in [3.63, 3.8) is 0 Å². The fourth-order valence-electron chi connectivity index (χ4n) is 1.62. The number of amides is 1. The lowest BCUT2D eigenvalue weighted by molar-refractivity contribution is 0.0948. The summed E-state index contributed by atoms with van der Waals surface area (Å²) in [6, 6.07) is 10.4. The summed E-state index contributed by atoms with van der Waals surface area (Å²) in [5.74, 6) is -0.429. The third-order valence-corrected chi connectivity index (χ3v) is 3.95. The van der Waals surface area contributed by atoms with E-state index in [0.717, 1.165) is 5.56 Å². The molecule has 0 saturated carbocycles. The molecule has 0 aliphatic carbocycles. The Morgan fingerprint density at radius 1 is 1.20 bits per heavy atom. The van der Waals surface area contributed by atoms with Gasteiger partial charge in [-0.25, -0.2) is 0 Å². The number of rotatable bonds is 3. The van der Waals surface area contributed by atoms with Gasteiger partial charge in [0.15, 0.2) is 0 Å². The van der Waals surface area contributed by atoms with E-state index in [1.807, 2.05) is 12.1 Å². The van der Waals surface area contributed by atoms with Crippen LogP contribution < -0.4 is 5.32 Å². The molecule has 2 rings (SSSR count). The molecule has 20 heavy (non-hydrogen) atoms. The molecule has 0 fully saturated rings. The quantitative estimate of drug-likeness (QED) is 0.770. The summed E-state index contributed by atoms with van der Waals surface area (Å²) in [7, 11) is 0. The molecule has 0 aromatic heterocycles. The second-order valence-electron chi connectivity index (χ2n) is 4.09. The zero-order valence-electron chi connectivity index (χ0n) is 10.2. The lowest BCUT2D eigenvalue weighted by Crippen LogP contribution is -2.22. The molecule has 0 spiro atoms. The highest BCUT2D eigenvalue weighted by molar-refractivity contribution is 9.11. The molecular weight excluding hydrogens is 409 g/mol. The van der Waals surface area contributed by atoms with Crippen LogP contribution in [-0.4, -0.2) is 11.0 Å². The van der Waals surface area contributed by atoms with Crippen molar-refractivity contribution in [1.29, 1.82) is 0 Å². The Labute approximate surface area is 138 Å². The topological polar surface area (TPSA) is 49.3 Å². The Balaban J connectivity index is 2.11. The van der Waals surface area contributed by atoms with E-state index in [4.69, 9.17) is 11.6 Å². The van der Waals surface area contributed by atoms with Crippen LogP contribution in [0.1, 0.15) is 15.9 Å². The number of hydrogen-bond acceptors (Lipinski definition) is 2. The molecule has 2 N–H and O–H groups in total. The van der Waals surface area contributed by atoms with Gasteiger partial charge in [0.2, 0.25) is 0 Å². The van der Waals surface area contributed by atoms with Crippen LogP contribution in [0.2, 0.25) is 5.02 Å². The zero-order chi connectivity index (χ0) is 14.7. The third kappa shape index (κ3) is 3.75. The number of phenolic OH excluding ortho intramolecular Hbond substituents is 1. The van der Waals surface area contributed by atoms with E-state index < -0.39 is 0 Å². The molecule has 1 amide bonds. The van der Waals surface area contributed by atoms with Crippen molar-refractivity contribution < 1.29 is 9.90 Å². The van der Waals surface area contributed by atoms with Crippen molar-refractivity contribution in [1.82, 2.24) is 5.32 Å². The highest BCUT2D eigenvalue weighted by atomic mass is 79.9. The molecule has 104 valence electrons. The second kappa shape index (κ2) is 6.61. The van der Waals surface area contributed by atoms with Gasteiger partial charge in [0.1, 0.15) is 5.75 Å². The summed E-state index contributed by atoms with van der Waals surface area (Å²) in [6.45, 7) is 0.361. The SMILES string of the molecule is O=C(NCc1ccc(Cl)cc1)c1cc(Br)cc(Br)c1O. The highest BCUT2D eigenvalue weighted by Crippen LogP contribution is 2.31. The van der Waals surface area contributed by atoms with Crippen LogP contribution in [0.3, 0.4) is 0 Å². The molecule has 0 heterocycles. The molecule has 2 aromatic carbocycles. The summed E-state index contributed by atoms with van der Waals surface area (Å²) >= 11 is 12.3. The monoisotopic (exact) mass is 417 g/mol. The number of halogens is 3. The van der Waals surface area contributed by atoms with Crippen LogP contribution in [0.15, 0.2) is 45.3 Å². The van der Waals surface area contributed by atoms with Gasteiger partial charge in [-0.1, -0.05) is 39.7 Å². The average molecular weight is 420 g/mol. The van der Waals surface area contributed by atoms with Gasteiger partial charge in [-0.2, -0.15) is 0 Å². The van der Waals surface area contributed by atoms with E-state index in [1.54, 1.807) is 24.3 Å². The summed E-state index contributed by atoms with van der Waals surface area (Å²) in [5, 5.41) is 13.3. The Morgan fingerprint density at radius 2 is 1.85 bits per heavy atom. The first-order valence-electron chi connectivity index (χ1n) is 5.68. The van der Waals surface area contributed by atoms with E-state index in [0.29, 0.717) is 20.5 Å². The lowest BCUT2D eigenvalue weighted by Gasteiger charge is -2.09. The fourth-order valence-corrected chi connectivity index (χ4v) is 2.97. The molecule has 3 nitrogen and oxygen atoms in total. The summed E-state index contributed by atoms with van der Waals surface area (Å²) in [6.07, 6.45) is 0. The van der Waals surface area contributed by atoms with Crippen LogP contribution >= 0.6 is 43.5 Å². The number of aromatic hydroxyl groups is 1. The van der Waals surface area contributed by atoms with Gasteiger partial charge < -0.3 is 10.4 Å². The van der Waals surface area contributed by atoms with Gasteiger partial charge in [0.05, 0.1) is 10.0 Å². The minimum absolute atomic E-state index is 0.0817. The average Bonchev–Trinajstić information content (AvgIpc) is 2.42. The van der Waals surface area contributed by atoms with Crippen molar-refractivity contribution in [2.75, 3.05) is 0 Å². The van der Waals surface area contributed by atoms with Crippen LogP contribution in [-0.2, 0) is 6.54 Å². The minimum Gasteiger partial charge on any atom is -0.506 e. The molecule has 0 unspecified atom stereocenters. The first kappa shape index (κ1) is 15.4. The number of phenols is 1. The number of carbonyl (C=O) groups excluding carboxylic acids is 1. The number of benzene rings is 2. The van der Waals surface area contributed by atoms with Crippen LogP contribution in [0.4, 0.5) is 0 Å². The Bertz CT molecular complexity index is 644. The number of hydrogen-bond donors (Lipinski definition) is 2. The maximum absolute atomic E-state index is 12.1. The van der Waals surface area contributed by atoms with Gasteiger partial charge >= 0.3 is 0 Å². The van der Waals surface area contributed by atoms with Crippen molar-refractivity contribution in [2.45, 2.75) is 6.54 Å². The predicted octanol–water partition coefficient (Wildman–Crippen LogP) is 4.50. The molecule has 0 aliphatic rings. The van der Waals surface area contributed by atoms with Gasteiger partial charge in [0.25, 0.3) is 5.91 Å². The predicted molar refractivity (Wildman–Crippen MR) is 86.1 cm³/mol. The van der Waals surface area contributed by atoms with Gasteiger partial charge in [-0.15, -0.1) is 0 Å². The molecule has 0 radical (unpaired) electrons. The van der Waals surface area contributed by atoms with Crippen molar-refractivity contribution in [2.24, 2.45) is 0 Å². The van der Waals surface area contributed by atoms with Crippen molar-refractivity contribution in [3.8, 4) is 5.75 Å². The lowest BCUT2D eigenvalue weighted by atomic mass is 10.1. The smallest absolute Gasteiger partial charge is 0.255 e. The highest BCUT2D eigenvalue weighted by Gasteiger charge is 2.14. The molecular formula is C14H10Br2ClNO2. The molecule has 2 aromatic rings. The number of carbonyl (C=O) groups is 1. The van der Waals surface area contributed by atoms with Crippen LogP contribution in [0.5, 0.6) is 5.75 Å². The summed E-state index contributed by atoms with van der Waals surface area (Å²) in [4.78, 5) is 12.1. The minimum atomic E-state index is -0.348. The van der Waals surface area contributed by atoms with E-state index >= 15 is 0 Å². The number of nitrogens with one attached hydrogen (secondary N) is 1. The Kier molecular flexibility index (Phi) is 5.07. The standard InChI is InChI=1S/C14H10Br2ClNO2/c15-9-5-11(13(19)12(16)6-9)14(20)18-7-8-1-3-10(17)4-2-8/h1-6,19H,7H2,(H,18,20). The van der Waals surface area contributed by atoms with Gasteiger partial charge in [0, 0.05) is 16.0 Å². The fraction of sp³-hybridized carbons (Fsp3) is 0.0714. The second-order valence-corrected chi connectivity index (χ2v) is 6.30. The molecule has 0 aliphatic heterocycles. The summed E-state index contributed by atoms with van der Waals surface area (Å²) < 4.78 is 1.17. The Hall–Kier alpha value is -1.04. The third-order valence-electron chi connectivity index (χ3n) is 2.64. The zero-order valence-corrected chi connectivity index (χ0v) is 14.1. The maximum Gasteiger partial charge on any atom is 0.255 e. The van der Waals surface area contributed by atoms with Crippen molar-refractivity contribution in [3.05, 3.63) is 61.5 Å². The van der Waals surface area contributed by atoms with Crippen molar-refractivity contribution >= 4 is 49.4 Å². The van der Waals surface area contributed by atoms with E-state index in [-0.39, 0.29) is 17.2 Å². The maximum atomic E-state index is 12.1. The van der Waals surface area contributed by atoms with Crippen LogP contribution in [0.25, 0.3) is 0 Å². The van der Waals surface area contributed by atoms with Gasteiger partial charge in [-0.05, 0) is 45.8 Å². The molecule has 0 atom stereocenters. The normalized spacial score (nSPS) is 10.3. The Morgan fingerprint density at radius 3 is 2.50 bits per heavy atom. The first-order chi connectivity index (χ1) is 9.47. The van der Waals surface area contributed by atoms with E-state index in [1.165, 1.54) is 0 Å². The van der Waals surface area contributed by atoms with Crippen LogP contribution in [0, 0.1) is 0 Å². The summed E-state index contributed by atoms with van der Waals surface area (Å²) in [5.41, 5.74) is 1.14. The molecule has 0 bridgehead atoms. The largest absolute Gasteiger partial charge is 0.506 e.